The zero-order valence-electron chi connectivity index (χ0n) is 8.71. The number of benzene rings is 1. The molecule has 16 heavy (non-hydrogen) atoms. The van der Waals surface area contributed by atoms with E-state index in [1.807, 2.05) is 0 Å². The van der Waals surface area contributed by atoms with E-state index in [4.69, 9.17) is 9.29 Å². The van der Waals surface area contributed by atoms with Crippen LogP contribution in [0.3, 0.4) is 0 Å². The van der Waals surface area contributed by atoms with Gasteiger partial charge >= 0.3 is 5.97 Å². The third-order valence-corrected chi connectivity index (χ3v) is 2.50. The van der Waals surface area contributed by atoms with Gasteiger partial charge in [0.2, 0.25) is 0 Å². The molecule has 1 aromatic rings. The van der Waals surface area contributed by atoms with E-state index in [0.717, 1.165) is 0 Å². The number of hydrogen-bond donors (Lipinski definition) is 1. The molecule has 1 N–H and O–H groups in total. The predicted molar refractivity (Wildman–Crippen MR) is 57.6 cm³/mol. The molecule has 1 aromatic carbocycles. The Balaban J connectivity index is 2.43. The zero-order chi connectivity index (χ0) is 12.0. The average Bonchev–Trinajstić information content (AvgIpc) is 2.29. The lowest BCUT2D eigenvalue weighted by molar-refractivity contribution is -0.141. The van der Waals surface area contributed by atoms with Gasteiger partial charge in [-0.1, -0.05) is 0 Å². The first-order valence-corrected chi connectivity index (χ1v) is 5.64. The van der Waals surface area contributed by atoms with E-state index in [9.17, 15) is 9.00 Å². The minimum absolute atomic E-state index is 0.171. The van der Waals surface area contributed by atoms with Crippen LogP contribution in [0.1, 0.15) is 6.42 Å². The summed E-state index contributed by atoms with van der Waals surface area (Å²) in [6.45, 7) is 0.217. The highest BCUT2D eigenvalue weighted by Gasteiger charge is 2.02. The molecule has 0 aromatic heterocycles. The van der Waals surface area contributed by atoms with Crippen molar-refractivity contribution in [1.29, 1.82) is 0 Å². The fourth-order valence-electron chi connectivity index (χ4n) is 1.01. The van der Waals surface area contributed by atoms with Gasteiger partial charge in [0.05, 0.1) is 25.0 Å². The van der Waals surface area contributed by atoms with Crippen molar-refractivity contribution in [2.45, 2.75) is 11.3 Å². The molecule has 0 saturated carbocycles. The van der Waals surface area contributed by atoms with Crippen molar-refractivity contribution >= 4 is 17.0 Å². The lowest BCUT2D eigenvalue weighted by atomic mass is 10.3. The van der Waals surface area contributed by atoms with E-state index in [1.54, 1.807) is 12.1 Å². The smallest absolute Gasteiger partial charge is 0.308 e. The van der Waals surface area contributed by atoms with Gasteiger partial charge in [0.1, 0.15) is 5.75 Å². The third-order valence-electron chi connectivity index (χ3n) is 1.83. The van der Waals surface area contributed by atoms with Crippen molar-refractivity contribution in [3.63, 3.8) is 0 Å². The molecule has 0 saturated heterocycles. The molecule has 0 aliphatic carbocycles. The van der Waals surface area contributed by atoms with Crippen molar-refractivity contribution in [2.24, 2.45) is 0 Å². The zero-order valence-corrected chi connectivity index (χ0v) is 9.53. The van der Waals surface area contributed by atoms with Crippen LogP contribution in [0.25, 0.3) is 0 Å². The van der Waals surface area contributed by atoms with E-state index in [-0.39, 0.29) is 19.0 Å². The topological polar surface area (TPSA) is 72.8 Å². The van der Waals surface area contributed by atoms with E-state index in [2.05, 4.69) is 4.74 Å². The Morgan fingerprint density at radius 3 is 2.50 bits per heavy atom. The van der Waals surface area contributed by atoms with E-state index < -0.39 is 11.1 Å². The fraction of sp³-hybridized carbons (Fsp3) is 0.300. The molecule has 0 amide bonds. The van der Waals surface area contributed by atoms with Gasteiger partial charge in [-0.3, -0.25) is 4.79 Å². The number of carbonyl (C=O) groups is 1. The summed E-state index contributed by atoms with van der Waals surface area (Å²) < 4.78 is 29.1. The van der Waals surface area contributed by atoms with Gasteiger partial charge in [0, 0.05) is 0 Å². The van der Waals surface area contributed by atoms with Crippen molar-refractivity contribution in [3.05, 3.63) is 24.3 Å². The van der Waals surface area contributed by atoms with Crippen LogP contribution >= 0.6 is 0 Å². The lowest BCUT2D eigenvalue weighted by Crippen LogP contribution is -2.07. The van der Waals surface area contributed by atoms with Crippen LogP contribution in [0.4, 0.5) is 0 Å². The summed E-state index contributed by atoms with van der Waals surface area (Å²) in [6, 6.07) is 6.12. The maximum atomic E-state index is 10.8. The third kappa shape index (κ3) is 4.00. The highest BCUT2D eigenvalue weighted by Crippen LogP contribution is 2.14. The maximum absolute atomic E-state index is 10.8. The first-order chi connectivity index (χ1) is 7.63. The van der Waals surface area contributed by atoms with Crippen LogP contribution in [0.5, 0.6) is 5.75 Å². The maximum Gasteiger partial charge on any atom is 0.308 e. The Morgan fingerprint density at radius 2 is 2.00 bits per heavy atom. The Kier molecular flexibility index (Phi) is 4.94. The van der Waals surface area contributed by atoms with Gasteiger partial charge in [0.15, 0.2) is 11.1 Å². The molecular formula is C10H12O5S. The highest BCUT2D eigenvalue weighted by atomic mass is 32.2. The van der Waals surface area contributed by atoms with Crippen molar-refractivity contribution in [3.8, 4) is 5.75 Å². The minimum atomic E-state index is -1.98. The molecule has 1 rings (SSSR count). The number of methoxy groups -OCH3 is 1. The Morgan fingerprint density at radius 1 is 1.38 bits per heavy atom. The molecule has 88 valence electrons. The SMILES string of the molecule is COC(=O)CCOc1ccc(S(=O)O)cc1. The number of esters is 1. The van der Waals surface area contributed by atoms with Crippen LogP contribution in [0, 0.1) is 0 Å². The second-order valence-corrected chi connectivity index (χ2v) is 3.86. The van der Waals surface area contributed by atoms with Crippen LogP contribution in [-0.2, 0) is 20.6 Å². The summed E-state index contributed by atoms with van der Waals surface area (Å²) in [4.78, 5) is 11.1. The normalized spacial score (nSPS) is 11.9. The summed E-state index contributed by atoms with van der Waals surface area (Å²) in [7, 11) is 1.31. The molecule has 1 atom stereocenters. The van der Waals surface area contributed by atoms with Gasteiger partial charge in [-0.05, 0) is 24.3 Å². The van der Waals surface area contributed by atoms with Crippen molar-refractivity contribution in [2.75, 3.05) is 13.7 Å². The molecule has 0 aliphatic rings. The molecule has 0 heterocycles. The molecule has 1 unspecified atom stereocenters. The molecule has 0 fully saturated rings. The Hall–Kier alpha value is -1.40. The first-order valence-electron chi connectivity index (χ1n) is 4.54. The van der Waals surface area contributed by atoms with Crippen LogP contribution in [-0.4, -0.2) is 28.4 Å². The van der Waals surface area contributed by atoms with Crippen molar-refractivity contribution in [1.82, 2.24) is 0 Å². The number of ether oxygens (including phenoxy) is 2. The number of carbonyl (C=O) groups excluding carboxylic acids is 1. The lowest BCUT2D eigenvalue weighted by Gasteiger charge is -2.05. The molecule has 0 aliphatic heterocycles. The minimum Gasteiger partial charge on any atom is -0.493 e. The summed E-state index contributed by atoms with van der Waals surface area (Å²) >= 11 is -1.98. The van der Waals surface area contributed by atoms with Gasteiger partial charge in [0.25, 0.3) is 0 Å². The second kappa shape index (κ2) is 6.24. The molecule has 0 radical (unpaired) electrons. The Bertz CT molecular complexity index is 373. The molecule has 5 nitrogen and oxygen atoms in total. The molecule has 6 heteroatoms. The van der Waals surface area contributed by atoms with Gasteiger partial charge in [-0.25, -0.2) is 4.21 Å². The fourth-order valence-corrected chi connectivity index (χ4v) is 1.38. The Labute approximate surface area is 95.7 Å². The molecular weight excluding hydrogens is 232 g/mol. The van der Waals surface area contributed by atoms with E-state index in [1.165, 1.54) is 19.2 Å². The van der Waals surface area contributed by atoms with E-state index in [0.29, 0.717) is 10.6 Å². The first kappa shape index (κ1) is 12.7. The molecule has 0 spiro atoms. The second-order valence-electron chi connectivity index (χ2n) is 2.90. The van der Waals surface area contributed by atoms with Crippen LogP contribution in [0.15, 0.2) is 29.2 Å². The summed E-state index contributed by atoms with van der Waals surface area (Å²) in [5.74, 6) is 0.200. The number of rotatable bonds is 5. The van der Waals surface area contributed by atoms with Gasteiger partial charge in [-0.2, -0.15) is 0 Å². The van der Waals surface area contributed by atoms with Crippen LogP contribution in [0.2, 0.25) is 0 Å². The van der Waals surface area contributed by atoms with Gasteiger partial charge in [-0.15, -0.1) is 0 Å². The van der Waals surface area contributed by atoms with Gasteiger partial charge < -0.3 is 14.0 Å². The van der Waals surface area contributed by atoms with E-state index >= 15 is 0 Å². The average molecular weight is 244 g/mol. The number of hydrogen-bond acceptors (Lipinski definition) is 4. The highest BCUT2D eigenvalue weighted by molar-refractivity contribution is 7.79. The predicted octanol–water partition coefficient (Wildman–Crippen LogP) is 1.21. The summed E-state index contributed by atoms with van der Waals surface area (Å²) in [5, 5.41) is 0. The molecule has 0 bridgehead atoms. The monoisotopic (exact) mass is 244 g/mol. The van der Waals surface area contributed by atoms with Crippen molar-refractivity contribution < 1.29 is 23.0 Å². The van der Waals surface area contributed by atoms with Crippen LogP contribution < -0.4 is 4.74 Å². The quantitative estimate of drug-likeness (QED) is 0.622. The standard InChI is InChI=1S/C10H12O5S/c1-14-10(11)6-7-15-8-2-4-9(5-3-8)16(12)13/h2-5H,6-7H2,1H3,(H,12,13). The largest absolute Gasteiger partial charge is 0.493 e. The summed E-state index contributed by atoms with van der Waals surface area (Å²) in [6.07, 6.45) is 0.171. The summed E-state index contributed by atoms with van der Waals surface area (Å²) in [5.41, 5.74) is 0.